The Labute approximate surface area is 144 Å². The van der Waals surface area contributed by atoms with Crippen molar-refractivity contribution in [2.75, 3.05) is 13.1 Å². The average molecular weight is 325 g/mol. The summed E-state index contributed by atoms with van der Waals surface area (Å²) in [7, 11) is 0. The molecule has 5 heteroatoms. The van der Waals surface area contributed by atoms with E-state index in [9.17, 15) is 0 Å². The van der Waals surface area contributed by atoms with Gasteiger partial charge in [0.05, 0.1) is 5.69 Å². The highest BCUT2D eigenvalue weighted by Gasteiger charge is 2.22. The lowest BCUT2D eigenvalue weighted by Crippen LogP contribution is -2.51. The van der Waals surface area contributed by atoms with E-state index in [-0.39, 0.29) is 12.1 Å². The molecule has 5 nitrogen and oxygen atoms in total. The standard InChI is InChI=1S/C19H27N5/c20-17-9-18(21)14-24(13-17)12-16-6-4-15(5-7-16)10-22-11-19-3-1-2-8-23-19/h1-8,17-18,22H,9-14,20-21H2/t17-,18-/m0/s1. The van der Waals surface area contributed by atoms with Crippen molar-refractivity contribution in [1.82, 2.24) is 15.2 Å². The molecule has 1 aliphatic rings. The third kappa shape index (κ3) is 5.11. The third-order valence-corrected chi connectivity index (χ3v) is 4.38. The number of hydrogen-bond acceptors (Lipinski definition) is 5. The summed E-state index contributed by atoms with van der Waals surface area (Å²) in [6.07, 6.45) is 2.75. The zero-order valence-electron chi connectivity index (χ0n) is 14.1. The minimum Gasteiger partial charge on any atom is -0.326 e. The summed E-state index contributed by atoms with van der Waals surface area (Å²) in [6, 6.07) is 15.1. The Balaban J connectivity index is 1.46. The van der Waals surface area contributed by atoms with Gasteiger partial charge in [-0.15, -0.1) is 0 Å². The van der Waals surface area contributed by atoms with E-state index in [4.69, 9.17) is 11.5 Å². The molecule has 0 amide bonds. The first-order valence-corrected chi connectivity index (χ1v) is 8.61. The van der Waals surface area contributed by atoms with Crippen LogP contribution in [0.2, 0.25) is 0 Å². The summed E-state index contributed by atoms with van der Waals surface area (Å²) >= 11 is 0. The number of nitrogens with one attached hydrogen (secondary N) is 1. The molecule has 0 bridgehead atoms. The van der Waals surface area contributed by atoms with Gasteiger partial charge in [0.15, 0.2) is 0 Å². The second-order valence-corrected chi connectivity index (χ2v) is 6.69. The molecule has 2 atom stereocenters. The zero-order valence-corrected chi connectivity index (χ0v) is 14.1. The summed E-state index contributed by atoms with van der Waals surface area (Å²) in [6.45, 7) is 4.41. The molecule has 24 heavy (non-hydrogen) atoms. The van der Waals surface area contributed by atoms with E-state index in [0.29, 0.717) is 0 Å². The van der Waals surface area contributed by atoms with E-state index in [1.54, 1.807) is 0 Å². The third-order valence-electron chi connectivity index (χ3n) is 4.38. The van der Waals surface area contributed by atoms with Crippen LogP contribution in [0.5, 0.6) is 0 Å². The van der Waals surface area contributed by atoms with Crippen LogP contribution in [0.15, 0.2) is 48.7 Å². The largest absolute Gasteiger partial charge is 0.326 e. The number of piperidine rings is 1. The molecule has 0 spiro atoms. The van der Waals surface area contributed by atoms with Gasteiger partial charge < -0.3 is 16.8 Å². The number of nitrogens with zero attached hydrogens (tertiary/aromatic N) is 2. The first-order chi connectivity index (χ1) is 11.7. The van der Waals surface area contributed by atoms with Crippen molar-refractivity contribution in [3.63, 3.8) is 0 Å². The van der Waals surface area contributed by atoms with Crippen molar-refractivity contribution >= 4 is 0 Å². The maximum Gasteiger partial charge on any atom is 0.0541 e. The molecular formula is C19H27N5. The summed E-state index contributed by atoms with van der Waals surface area (Å²) < 4.78 is 0. The molecule has 0 radical (unpaired) electrons. The molecule has 1 aromatic heterocycles. The molecular weight excluding hydrogens is 298 g/mol. The van der Waals surface area contributed by atoms with Gasteiger partial charge in [0, 0.05) is 51.0 Å². The van der Waals surface area contributed by atoms with E-state index in [1.165, 1.54) is 11.1 Å². The molecule has 0 unspecified atom stereocenters. The van der Waals surface area contributed by atoms with Gasteiger partial charge in [0.1, 0.15) is 0 Å². The fourth-order valence-corrected chi connectivity index (χ4v) is 3.26. The number of aromatic nitrogens is 1. The molecule has 0 saturated carbocycles. The maximum atomic E-state index is 6.06. The van der Waals surface area contributed by atoms with Crippen molar-refractivity contribution < 1.29 is 0 Å². The normalized spacial score (nSPS) is 21.8. The quantitative estimate of drug-likeness (QED) is 0.744. The van der Waals surface area contributed by atoms with Crippen LogP contribution in [-0.2, 0) is 19.6 Å². The molecule has 1 saturated heterocycles. The predicted molar refractivity (Wildman–Crippen MR) is 97.1 cm³/mol. The van der Waals surface area contributed by atoms with Gasteiger partial charge in [0.2, 0.25) is 0 Å². The highest BCUT2D eigenvalue weighted by Crippen LogP contribution is 2.13. The lowest BCUT2D eigenvalue weighted by molar-refractivity contribution is 0.183. The van der Waals surface area contributed by atoms with Crippen LogP contribution in [0.1, 0.15) is 23.2 Å². The van der Waals surface area contributed by atoms with Gasteiger partial charge in [0.25, 0.3) is 0 Å². The molecule has 2 aromatic rings. The number of pyridine rings is 1. The molecule has 0 aliphatic carbocycles. The van der Waals surface area contributed by atoms with E-state index in [0.717, 1.165) is 44.8 Å². The van der Waals surface area contributed by atoms with Gasteiger partial charge >= 0.3 is 0 Å². The monoisotopic (exact) mass is 325 g/mol. The Hall–Kier alpha value is -1.79. The number of benzene rings is 1. The Morgan fingerprint density at radius 3 is 2.33 bits per heavy atom. The predicted octanol–water partition coefficient (Wildman–Crippen LogP) is 1.23. The maximum absolute atomic E-state index is 6.06. The van der Waals surface area contributed by atoms with Gasteiger partial charge in [-0.25, -0.2) is 0 Å². The average Bonchev–Trinajstić information content (AvgIpc) is 2.56. The highest BCUT2D eigenvalue weighted by atomic mass is 15.2. The number of nitrogens with two attached hydrogens (primary N) is 2. The molecule has 5 N–H and O–H groups in total. The second-order valence-electron chi connectivity index (χ2n) is 6.69. The van der Waals surface area contributed by atoms with Gasteiger partial charge in [-0.05, 0) is 29.7 Å². The van der Waals surface area contributed by atoms with Gasteiger partial charge in [-0.1, -0.05) is 30.3 Å². The molecule has 1 fully saturated rings. The second kappa shape index (κ2) is 8.35. The molecule has 128 valence electrons. The van der Waals surface area contributed by atoms with E-state index < -0.39 is 0 Å². The topological polar surface area (TPSA) is 80.2 Å². The Morgan fingerprint density at radius 1 is 0.958 bits per heavy atom. The summed E-state index contributed by atoms with van der Waals surface area (Å²) in [5, 5.41) is 3.42. The first-order valence-electron chi connectivity index (χ1n) is 8.61. The SMILES string of the molecule is N[C@H]1C[C@H](N)CN(Cc2ccc(CNCc3ccccn3)cc2)C1. The lowest BCUT2D eigenvalue weighted by atomic mass is 10.0. The first kappa shape index (κ1) is 17.0. The Morgan fingerprint density at radius 2 is 1.67 bits per heavy atom. The van der Waals surface area contributed by atoms with Gasteiger partial charge in [-0.2, -0.15) is 0 Å². The summed E-state index contributed by atoms with van der Waals surface area (Å²) in [5.74, 6) is 0. The van der Waals surface area contributed by atoms with Crippen LogP contribution in [0.4, 0.5) is 0 Å². The molecule has 3 rings (SSSR count). The van der Waals surface area contributed by atoms with E-state index >= 15 is 0 Å². The molecule has 2 heterocycles. The van der Waals surface area contributed by atoms with Gasteiger partial charge in [-0.3, -0.25) is 9.88 Å². The van der Waals surface area contributed by atoms with Crippen LogP contribution in [0.25, 0.3) is 0 Å². The fraction of sp³-hybridized carbons (Fsp3) is 0.421. The van der Waals surface area contributed by atoms with Crippen LogP contribution in [0, 0.1) is 0 Å². The number of likely N-dealkylation sites (tertiary alicyclic amines) is 1. The molecule has 1 aliphatic heterocycles. The highest BCUT2D eigenvalue weighted by molar-refractivity contribution is 5.22. The van der Waals surface area contributed by atoms with E-state index in [1.807, 2.05) is 24.4 Å². The number of rotatable bonds is 6. The van der Waals surface area contributed by atoms with Crippen LogP contribution >= 0.6 is 0 Å². The van der Waals surface area contributed by atoms with Crippen molar-refractivity contribution in [2.24, 2.45) is 11.5 Å². The van der Waals surface area contributed by atoms with Crippen LogP contribution in [0.3, 0.4) is 0 Å². The summed E-state index contributed by atoms with van der Waals surface area (Å²) in [5.41, 5.74) is 15.8. The van der Waals surface area contributed by atoms with Crippen molar-refractivity contribution in [1.29, 1.82) is 0 Å². The smallest absolute Gasteiger partial charge is 0.0541 e. The van der Waals surface area contributed by atoms with Crippen molar-refractivity contribution in [3.8, 4) is 0 Å². The summed E-state index contributed by atoms with van der Waals surface area (Å²) in [4.78, 5) is 6.67. The van der Waals surface area contributed by atoms with Crippen molar-refractivity contribution in [2.45, 2.75) is 38.1 Å². The Kier molecular flexibility index (Phi) is 5.93. The van der Waals surface area contributed by atoms with Crippen molar-refractivity contribution in [3.05, 3.63) is 65.5 Å². The van der Waals surface area contributed by atoms with E-state index in [2.05, 4.69) is 39.5 Å². The fourth-order valence-electron chi connectivity index (χ4n) is 3.26. The minimum atomic E-state index is 0.198. The minimum absolute atomic E-state index is 0.198. The number of hydrogen-bond donors (Lipinski definition) is 3. The van der Waals surface area contributed by atoms with Crippen LogP contribution < -0.4 is 16.8 Å². The Bertz CT molecular complexity index is 603. The molecule has 1 aromatic carbocycles. The van der Waals surface area contributed by atoms with Crippen LogP contribution in [-0.4, -0.2) is 35.1 Å². The zero-order chi connectivity index (χ0) is 16.8. The lowest BCUT2D eigenvalue weighted by Gasteiger charge is -2.34.